The van der Waals surface area contributed by atoms with Crippen molar-refractivity contribution in [3.63, 3.8) is 0 Å². The summed E-state index contributed by atoms with van der Waals surface area (Å²) in [5.74, 6) is 0.803. The van der Waals surface area contributed by atoms with E-state index in [0.29, 0.717) is 0 Å². The molecule has 0 amide bonds. The van der Waals surface area contributed by atoms with E-state index < -0.39 is 0 Å². The average molecular weight is 334 g/mol. The highest BCUT2D eigenvalue weighted by molar-refractivity contribution is 7.11. The van der Waals surface area contributed by atoms with Crippen LogP contribution < -0.4 is 10.6 Å². The first-order valence-electron chi connectivity index (χ1n) is 7.78. The van der Waals surface area contributed by atoms with Gasteiger partial charge in [-0.15, -0.1) is 11.3 Å². The summed E-state index contributed by atoms with van der Waals surface area (Å²) in [6, 6.07) is 0. The monoisotopic (exact) mass is 334 g/mol. The predicted octanol–water partition coefficient (Wildman–Crippen LogP) is 2.02. The SMILES string of the molecule is CN=C(NCCc1nc(C)c(C)s1)NCc1c(C)nn(C)c1C. The molecule has 2 aromatic heterocycles. The maximum absolute atomic E-state index is 4.56. The van der Waals surface area contributed by atoms with Gasteiger partial charge in [-0.05, 0) is 27.7 Å². The van der Waals surface area contributed by atoms with Gasteiger partial charge in [0.05, 0.1) is 16.4 Å². The summed E-state index contributed by atoms with van der Waals surface area (Å²) in [5.41, 5.74) is 4.59. The molecule has 0 bridgehead atoms. The Morgan fingerprint density at radius 1 is 1.17 bits per heavy atom. The lowest BCUT2D eigenvalue weighted by molar-refractivity contribution is 0.728. The van der Waals surface area contributed by atoms with Gasteiger partial charge < -0.3 is 10.6 Å². The fourth-order valence-corrected chi connectivity index (χ4v) is 3.33. The Balaban J connectivity index is 1.84. The molecule has 7 heteroatoms. The molecule has 0 saturated heterocycles. The Bertz CT molecular complexity index is 678. The number of hydrogen-bond acceptors (Lipinski definition) is 4. The van der Waals surface area contributed by atoms with Crippen LogP contribution in [0.4, 0.5) is 0 Å². The summed E-state index contributed by atoms with van der Waals surface area (Å²) in [7, 11) is 3.76. The molecule has 0 spiro atoms. The standard InChI is InChI=1S/C16H26N6S/c1-10-13(4)23-15(20-10)7-8-18-16(17-5)19-9-14-11(2)21-22(6)12(14)3/h7-9H2,1-6H3,(H2,17,18,19). The first-order valence-corrected chi connectivity index (χ1v) is 8.60. The van der Waals surface area contributed by atoms with E-state index in [4.69, 9.17) is 0 Å². The second-order valence-electron chi connectivity index (χ2n) is 5.62. The van der Waals surface area contributed by atoms with Gasteiger partial charge in [-0.2, -0.15) is 5.10 Å². The summed E-state index contributed by atoms with van der Waals surface area (Å²) in [5, 5.41) is 12.3. The van der Waals surface area contributed by atoms with Gasteiger partial charge >= 0.3 is 0 Å². The number of aryl methyl sites for hydroxylation is 4. The molecule has 0 aromatic carbocycles. The van der Waals surface area contributed by atoms with Crippen molar-refractivity contribution in [2.75, 3.05) is 13.6 Å². The molecule has 0 aliphatic heterocycles. The second kappa shape index (κ2) is 7.59. The van der Waals surface area contributed by atoms with Crippen molar-refractivity contribution in [3.8, 4) is 0 Å². The first kappa shape index (κ1) is 17.5. The van der Waals surface area contributed by atoms with Crippen LogP contribution in [0.1, 0.15) is 32.5 Å². The van der Waals surface area contributed by atoms with Gasteiger partial charge in [0.2, 0.25) is 0 Å². The maximum Gasteiger partial charge on any atom is 0.191 e. The smallest absolute Gasteiger partial charge is 0.191 e. The molecule has 0 aliphatic carbocycles. The number of nitrogens with one attached hydrogen (secondary N) is 2. The van der Waals surface area contributed by atoms with Gasteiger partial charge in [-0.25, -0.2) is 4.98 Å². The first-order chi connectivity index (χ1) is 10.9. The van der Waals surface area contributed by atoms with Crippen LogP contribution in [0.25, 0.3) is 0 Å². The third-order valence-electron chi connectivity index (χ3n) is 4.02. The minimum Gasteiger partial charge on any atom is -0.356 e. The molecule has 0 fully saturated rings. The number of aromatic nitrogens is 3. The van der Waals surface area contributed by atoms with E-state index in [2.05, 4.69) is 46.5 Å². The van der Waals surface area contributed by atoms with Gasteiger partial charge in [0.25, 0.3) is 0 Å². The molecular formula is C16H26N6S. The molecule has 0 aliphatic rings. The highest BCUT2D eigenvalue weighted by Crippen LogP contribution is 2.16. The Kier molecular flexibility index (Phi) is 5.76. The maximum atomic E-state index is 4.56. The van der Waals surface area contributed by atoms with Crippen LogP contribution in [0.15, 0.2) is 4.99 Å². The van der Waals surface area contributed by atoms with Crippen LogP contribution in [0.5, 0.6) is 0 Å². The summed E-state index contributed by atoms with van der Waals surface area (Å²) in [6.07, 6.45) is 0.908. The van der Waals surface area contributed by atoms with Gasteiger partial charge in [0, 0.05) is 49.7 Å². The molecule has 0 saturated carbocycles. The summed E-state index contributed by atoms with van der Waals surface area (Å²) >= 11 is 1.77. The Hall–Kier alpha value is -1.89. The predicted molar refractivity (Wildman–Crippen MR) is 96.2 cm³/mol. The van der Waals surface area contributed by atoms with Crippen molar-refractivity contribution in [2.24, 2.45) is 12.0 Å². The number of nitrogens with zero attached hydrogens (tertiary/aromatic N) is 4. The van der Waals surface area contributed by atoms with Crippen LogP contribution in [0.3, 0.4) is 0 Å². The molecule has 0 radical (unpaired) electrons. The zero-order valence-corrected chi connectivity index (χ0v) is 15.6. The Labute approximate surface area is 142 Å². The van der Waals surface area contributed by atoms with Gasteiger partial charge in [0.15, 0.2) is 5.96 Å². The zero-order chi connectivity index (χ0) is 17.0. The normalized spacial score (nSPS) is 11.8. The van der Waals surface area contributed by atoms with E-state index in [9.17, 15) is 0 Å². The largest absolute Gasteiger partial charge is 0.356 e. The molecule has 6 nitrogen and oxygen atoms in total. The summed E-state index contributed by atoms with van der Waals surface area (Å²) in [6.45, 7) is 9.83. The fraction of sp³-hybridized carbons (Fsp3) is 0.562. The molecule has 126 valence electrons. The van der Waals surface area contributed by atoms with E-state index in [1.165, 1.54) is 21.1 Å². The summed E-state index contributed by atoms with van der Waals surface area (Å²) in [4.78, 5) is 10.1. The molecule has 23 heavy (non-hydrogen) atoms. The van der Waals surface area contributed by atoms with Crippen LogP contribution in [0, 0.1) is 27.7 Å². The number of guanidine groups is 1. The van der Waals surface area contributed by atoms with E-state index in [1.807, 2.05) is 18.7 Å². The van der Waals surface area contributed by atoms with Crippen LogP contribution in [-0.4, -0.2) is 34.3 Å². The topological polar surface area (TPSA) is 67.1 Å². The number of thiazole rings is 1. The van der Waals surface area contributed by atoms with Crippen molar-refractivity contribution in [2.45, 2.75) is 40.7 Å². The zero-order valence-electron chi connectivity index (χ0n) is 14.8. The van der Waals surface area contributed by atoms with Crippen molar-refractivity contribution >= 4 is 17.3 Å². The summed E-state index contributed by atoms with van der Waals surface area (Å²) < 4.78 is 1.91. The molecular weight excluding hydrogens is 308 g/mol. The number of rotatable bonds is 5. The van der Waals surface area contributed by atoms with Crippen LogP contribution >= 0.6 is 11.3 Å². The van der Waals surface area contributed by atoms with Crippen molar-refractivity contribution in [1.82, 2.24) is 25.4 Å². The second-order valence-corrected chi connectivity index (χ2v) is 6.91. The highest BCUT2D eigenvalue weighted by atomic mass is 32.1. The van der Waals surface area contributed by atoms with E-state index >= 15 is 0 Å². The van der Waals surface area contributed by atoms with E-state index in [-0.39, 0.29) is 0 Å². The lowest BCUT2D eigenvalue weighted by Crippen LogP contribution is -2.38. The van der Waals surface area contributed by atoms with Gasteiger partial charge in [0.1, 0.15) is 0 Å². The van der Waals surface area contributed by atoms with E-state index in [0.717, 1.165) is 36.9 Å². The van der Waals surface area contributed by atoms with E-state index in [1.54, 1.807) is 18.4 Å². The number of aliphatic imine (C=N–C) groups is 1. The molecule has 2 N–H and O–H groups in total. The lowest BCUT2D eigenvalue weighted by atomic mass is 10.2. The van der Waals surface area contributed by atoms with Crippen molar-refractivity contribution in [3.05, 3.63) is 32.5 Å². The fourth-order valence-electron chi connectivity index (χ4n) is 2.40. The van der Waals surface area contributed by atoms with Gasteiger partial charge in [-0.3, -0.25) is 9.67 Å². The quantitative estimate of drug-likeness (QED) is 0.648. The van der Waals surface area contributed by atoms with Crippen molar-refractivity contribution < 1.29 is 0 Å². The number of hydrogen-bond donors (Lipinski definition) is 2. The minimum absolute atomic E-state index is 0.723. The molecule has 2 heterocycles. The Morgan fingerprint density at radius 3 is 2.43 bits per heavy atom. The minimum atomic E-state index is 0.723. The highest BCUT2D eigenvalue weighted by Gasteiger charge is 2.10. The van der Waals surface area contributed by atoms with Crippen molar-refractivity contribution in [1.29, 1.82) is 0 Å². The molecule has 0 atom stereocenters. The van der Waals surface area contributed by atoms with Crippen LogP contribution in [-0.2, 0) is 20.0 Å². The average Bonchev–Trinajstić information content (AvgIpc) is 2.95. The Morgan fingerprint density at radius 2 is 1.91 bits per heavy atom. The molecule has 2 rings (SSSR count). The van der Waals surface area contributed by atoms with Gasteiger partial charge in [-0.1, -0.05) is 0 Å². The molecule has 0 unspecified atom stereocenters. The lowest BCUT2D eigenvalue weighted by Gasteiger charge is -2.11. The third kappa shape index (κ3) is 4.31. The molecule has 2 aromatic rings. The van der Waals surface area contributed by atoms with Crippen LogP contribution in [0.2, 0.25) is 0 Å². The third-order valence-corrected chi connectivity index (χ3v) is 5.15.